The fourth-order valence-corrected chi connectivity index (χ4v) is 6.39. The van der Waals surface area contributed by atoms with Gasteiger partial charge in [0.25, 0.3) is 0 Å². The van der Waals surface area contributed by atoms with Gasteiger partial charge in [-0.25, -0.2) is 0 Å². The first-order valence-electron chi connectivity index (χ1n) is 10.9. The zero-order valence-electron chi connectivity index (χ0n) is 18.1. The Labute approximate surface area is 187 Å². The van der Waals surface area contributed by atoms with Gasteiger partial charge >= 0.3 is 5.97 Å². The van der Waals surface area contributed by atoms with Crippen molar-refractivity contribution in [1.29, 1.82) is 0 Å². The van der Waals surface area contributed by atoms with Crippen LogP contribution in [0.2, 0.25) is 5.02 Å². The Morgan fingerprint density at radius 3 is 2.68 bits per heavy atom. The maximum absolute atomic E-state index is 12.9. The Kier molecular flexibility index (Phi) is 4.68. The summed E-state index contributed by atoms with van der Waals surface area (Å²) in [4.78, 5) is 12.9. The van der Waals surface area contributed by atoms with Crippen molar-refractivity contribution in [3.05, 3.63) is 46.5 Å². The Bertz CT molecular complexity index is 942. The summed E-state index contributed by atoms with van der Waals surface area (Å²) in [5, 5.41) is 23.5. The van der Waals surface area contributed by atoms with Gasteiger partial charge in [-0.05, 0) is 43.4 Å². The standard InChI is InChI=1S/C24H29ClO6/c1-14-4-10-17-21(2)13-29-20-19(23(14,17)12-24(28,31-20)22(21,3)27)30-18(26)11-7-15-5-8-16(25)9-6-15/h5-6,8-10,14,19-20,27-28H,4,7,11-13H2,1-3H3/t14-,19+,20?,21-,22-,23+,24-/m1/s1. The highest BCUT2D eigenvalue weighted by molar-refractivity contribution is 6.30. The van der Waals surface area contributed by atoms with Gasteiger partial charge in [-0.3, -0.25) is 4.79 Å². The van der Waals surface area contributed by atoms with Gasteiger partial charge < -0.3 is 24.4 Å². The average molecular weight is 449 g/mol. The summed E-state index contributed by atoms with van der Waals surface area (Å²) in [5.74, 6) is -1.99. The van der Waals surface area contributed by atoms with E-state index in [1.165, 1.54) is 0 Å². The van der Waals surface area contributed by atoms with Crippen molar-refractivity contribution >= 4 is 17.6 Å². The third-order valence-electron chi connectivity index (χ3n) is 8.41. The van der Waals surface area contributed by atoms with Crippen LogP contribution in [0.1, 0.15) is 45.6 Å². The van der Waals surface area contributed by atoms with Gasteiger partial charge in [0.15, 0.2) is 18.2 Å². The van der Waals surface area contributed by atoms with E-state index in [4.69, 9.17) is 25.8 Å². The molecular formula is C24H29ClO6. The lowest BCUT2D eigenvalue weighted by atomic mass is 9.48. The third kappa shape index (κ3) is 2.75. The second-order valence-electron chi connectivity index (χ2n) is 9.99. The van der Waals surface area contributed by atoms with E-state index in [1.54, 1.807) is 19.1 Å². The van der Waals surface area contributed by atoms with Crippen LogP contribution in [0.3, 0.4) is 0 Å². The van der Waals surface area contributed by atoms with Crippen molar-refractivity contribution in [2.75, 3.05) is 6.61 Å². The second kappa shape index (κ2) is 6.78. The van der Waals surface area contributed by atoms with Crippen LogP contribution in [0.5, 0.6) is 0 Å². The second-order valence-corrected chi connectivity index (χ2v) is 10.4. The molecule has 1 aromatic rings. The molecule has 3 aliphatic heterocycles. The minimum atomic E-state index is -1.77. The van der Waals surface area contributed by atoms with Crippen LogP contribution in [0.25, 0.3) is 0 Å². The molecule has 1 spiro atoms. The number of rotatable bonds is 4. The number of aliphatic hydroxyl groups is 2. The summed E-state index contributed by atoms with van der Waals surface area (Å²) in [5.41, 5.74) is -0.978. The van der Waals surface area contributed by atoms with E-state index >= 15 is 0 Å². The van der Waals surface area contributed by atoms with Gasteiger partial charge in [0.2, 0.25) is 0 Å². The molecule has 6 nitrogen and oxygen atoms in total. The molecule has 4 fully saturated rings. The number of carbonyl (C=O) groups excluding carboxylic acids is 1. The largest absolute Gasteiger partial charge is 0.456 e. The number of aryl methyl sites for hydroxylation is 1. The van der Waals surface area contributed by atoms with Crippen molar-refractivity contribution in [3.8, 4) is 0 Å². The van der Waals surface area contributed by atoms with Crippen LogP contribution in [-0.4, -0.2) is 46.6 Å². The average Bonchev–Trinajstić information content (AvgIpc) is 2.98. The van der Waals surface area contributed by atoms with Crippen molar-refractivity contribution in [3.63, 3.8) is 0 Å². The molecule has 1 saturated carbocycles. The summed E-state index contributed by atoms with van der Waals surface area (Å²) >= 11 is 5.93. The first-order valence-corrected chi connectivity index (χ1v) is 11.3. The summed E-state index contributed by atoms with van der Waals surface area (Å²) < 4.78 is 18.0. The predicted molar refractivity (Wildman–Crippen MR) is 113 cm³/mol. The van der Waals surface area contributed by atoms with Crippen LogP contribution in [0, 0.1) is 16.7 Å². The van der Waals surface area contributed by atoms with E-state index in [0.717, 1.165) is 17.6 Å². The molecule has 2 N–H and O–H groups in total. The van der Waals surface area contributed by atoms with Gasteiger partial charge in [0, 0.05) is 28.7 Å². The Morgan fingerprint density at radius 2 is 1.97 bits per heavy atom. The monoisotopic (exact) mass is 448 g/mol. The Balaban J connectivity index is 1.44. The molecule has 1 aromatic carbocycles. The molecule has 3 heterocycles. The number of allylic oxidation sites excluding steroid dienone is 1. The highest BCUT2D eigenvalue weighted by Gasteiger charge is 2.78. The van der Waals surface area contributed by atoms with E-state index in [1.807, 2.05) is 19.1 Å². The lowest BCUT2D eigenvalue weighted by Crippen LogP contribution is -2.75. The molecule has 0 radical (unpaired) electrons. The van der Waals surface area contributed by atoms with Crippen molar-refractivity contribution in [1.82, 2.24) is 0 Å². The number of hydrogen-bond acceptors (Lipinski definition) is 6. The molecular weight excluding hydrogens is 420 g/mol. The Morgan fingerprint density at radius 1 is 1.26 bits per heavy atom. The molecule has 7 atom stereocenters. The number of fused-ring (bicyclic) bond motifs is 1. The lowest BCUT2D eigenvalue weighted by Gasteiger charge is -2.64. The number of benzene rings is 1. The zero-order chi connectivity index (χ0) is 22.2. The maximum atomic E-state index is 12.9. The molecule has 31 heavy (non-hydrogen) atoms. The molecule has 0 amide bonds. The minimum Gasteiger partial charge on any atom is -0.456 e. The third-order valence-corrected chi connectivity index (χ3v) is 8.66. The molecule has 5 aliphatic rings. The molecule has 7 heteroatoms. The van der Waals surface area contributed by atoms with E-state index in [9.17, 15) is 15.0 Å². The van der Waals surface area contributed by atoms with E-state index in [-0.39, 0.29) is 31.3 Å². The first-order chi connectivity index (χ1) is 14.5. The number of halogens is 1. The predicted octanol–water partition coefficient (Wildman–Crippen LogP) is 3.37. The lowest BCUT2D eigenvalue weighted by molar-refractivity contribution is -0.407. The highest BCUT2D eigenvalue weighted by Crippen LogP contribution is 2.71. The van der Waals surface area contributed by atoms with Crippen LogP contribution >= 0.6 is 11.6 Å². The van der Waals surface area contributed by atoms with E-state index in [2.05, 4.69) is 13.0 Å². The fourth-order valence-electron chi connectivity index (χ4n) is 6.27. The molecule has 168 valence electrons. The minimum absolute atomic E-state index is 0.117. The van der Waals surface area contributed by atoms with Gasteiger partial charge in [-0.2, -0.15) is 0 Å². The number of hydrogen-bond donors (Lipinski definition) is 2. The van der Waals surface area contributed by atoms with Crippen LogP contribution in [0.4, 0.5) is 0 Å². The zero-order valence-corrected chi connectivity index (χ0v) is 18.8. The van der Waals surface area contributed by atoms with Crippen LogP contribution in [-0.2, 0) is 25.4 Å². The van der Waals surface area contributed by atoms with Gasteiger partial charge in [0.05, 0.1) is 6.61 Å². The topological polar surface area (TPSA) is 85.2 Å². The molecule has 0 aromatic heterocycles. The van der Waals surface area contributed by atoms with Crippen LogP contribution in [0.15, 0.2) is 35.9 Å². The fraction of sp³-hybridized carbons (Fsp3) is 0.625. The molecule has 3 saturated heterocycles. The SMILES string of the molecule is C[C@@H]1CC=C2[C@]13C[C@@]1(O)OC(OC[C@@]2(C)[C@@]1(C)O)[C@@H]3OC(=O)CCc1ccc(Cl)cc1. The molecule has 2 aliphatic carbocycles. The smallest absolute Gasteiger partial charge is 0.306 e. The quantitative estimate of drug-likeness (QED) is 0.542. The van der Waals surface area contributed by atoms with Crippen molar-refractivity contribution in [2.24, 2.45) is 16.7 Å². The van der Waals surface area contributed by atoms with E-state index < -0.39 is 34.6 Å². The summed E-state index contributed by atoms with van der Waals surface area (Å²) in [6, 6.07) is 7.39. The molecule has 4 bridgehead atoms. The first kappa shape index (κ1) is 21.4. The van der Waals surface area contributed by atoms with Gasteiger partial charge in [-0.15, -0.1) is 0 Å². The van der Waals surface area contributed by atoms with E-state index in [0.29, 0.717) is 11.4 Å². The van der Waals surface area contributed by atoms with Crippen LogP contribution < -0.4 is 0 Å². The molecule has 6 rings (SSSR count). The number of esters is 1. The Hall–Kier alpha value is -1.44. The normalized spacial score (nSPS) is 45.2. The highest BCUT2D eigenvalue weighted by atomic mass is 35.5. The molecule has 1 unspecified atom stereocenters. The summed E-state index contributed by atoms with van der Waals surface area (Å²) in [7, 11) is 0. The number of carbonyl (C=O) groups is 1. The van der Waals surface area contributed by atoms with Gasteiger partial charge in [-0.1, -0.05) is 49.2 Å². The summed E-state index contributed by atoms with van der Waals surface area (Å²) in [6.45, 7) is 5.82. The number of ether oxygens (including phenoxy) is 3. The van der Waals surface area contributed by atoms with Crippen molar-refractivity contribution < 1.29 is 29.2 Å². The van der Waals surface area contributed by atoms with Gasteiger partial charge in [0.1, 0.15) is 5.60 Å². The maximum Gasteiger partial charge on any atom is 0.306 e. The summed E-state index contributed by atoms with van der Waals surface area (Å²) in [6.07, 6.45) is 2.26. The van der Waals surface area contributed by atoms with Crippen molar-refractivity contribution in [2.45, 2.75) is 70.2 Å².